The first-order chi connectivity index (χ1) is 9.28. The third-order valence-corrected chi connectivity index (χ3v) is 3.00. The SMILES string of the molecule is Cc1nc(-c2ccc(C#N)cc2)c2ccccc2n1. The second kappa shape index (κ2) is 4.51. The van der Waals surface area contributed by atoms with Crippen LogP contribution in [0.25, 0.3) is 22.2 Å². The Kier molecular flexibility index (Phi) is 2.70. The van der Waals surface area contributed by atoms with Crippen LogP contribution >= 0.6 is 0 Å². The summed E-state index contributed by atoms with van der Waals surface area (Å²) in [6.45, 7) is 1.89. The second-order valence-corrected chi connectivity index (χ2v) is 4.33. The van der Waals surface area contributed by atoms with Gasteiger partial charge >= 0.3 is 0 Å². The van der Waals surface area contributed by atoms with E-state index in [-0.39, 0.29) is 0 Å². The van der Waals surface area contributed by atoms with E-state index >= 15 is 0 Å². The number of benzene rings is 2. The molecule has 0 radical (unpaired) electrons. The van der Waals surface area contributed by atoms with Crippen LogP contribution in [0.1, 0.15) is 11.4 Å². The van der Waals surface area contributed by atoms with Gasteiger partial charge in [-0.05, 0) is 25.1 Å². The third kappa shape index (κ3) is 2.04. The van der Waals surface area contributed by atoms with Crippen molar-refractivity contribution in [2.24, 2.45) is 0 Å². The molecule has 0 fully saturated rings. The number of aromatic nitrogens is 2. The normalized spacial score (nSPS) is 10.3. The van der Waals surface area contributed by atoms with Crippen molar-refractivity contribution in [2.75, 3.05) is 0 Å². The number of hydrogen-bond donors (Lipinski definition) is 0. The highest BCUT2D eigenvalue weighted by atomic mass is 14.9. The molecule has 3 rings (SSSR count). The number of fused-ring (bicyclic) bond motifs is 1. The van der Waals surface area contributed by atoms with Gasteiger partial charge in [-0.2, -0.15) is 5.26 Å². The van der Waals surface area contributed by atoms with Crippen molar-refractivity contribution in [2.45, 2.75) is 6.92 Å². The van der Waals surface area contributed by atoms with Crippen molar-refractivity contribution in [1.29, 1.82) is 5.26 Å². The molecule has 1 heterocycles. The molecule has 3 nitrogen and oxygen atoms in total. The Hall–Kier alpha value is -2.73. The van der Waals surface area contributed by atoms with Crippen molar-refractivity contribution in [3.8, 4) is 17.3 Å². The first-order valence-electron chi connectivity index (χ1n) is 6.02. The second-order valence-electron chi connectivity index (χ2n) is 4.33. The molecule has 0 atom stereocenters. The minimum Gasteiger partial charge on any atom is -0.233 e. The van der Waals surface area contributed by atoms with Crippen molar-refractivity contribution in [1.82, 2.24) is 9.97 Å². The molecule has 0 N–H and O–H groups in total. The zero-order valence-electron chi connectivity index (χ0n) is 10.5. The van der Waals surface area contributed by atoms with Gasteiger partial charge in [-0.25, -0.2) is 9.97 Å². The molecule has 3 aromatic rings. The Bertz CT molecular complexity index is 783. The maximum Gasteiger partial charge on any atom is 0.126 e. The predicted molar refractivity (Wildman–Crippen MR) is 74.4 cm³/mol. The highest BCUT2D eigenvalue weighted by Gasteiger charge is 2.07. The summed E-state index contributed by atoms with van der Waals surface area (Å²) >= 11 is 0. The van der Waals surface area contributed by atoms with Gasteiger partial charge in [0.15, 0.2) is 0 Å². The number of nitrogens with zero attached hydrogens (tertiary/aromatic N) is 3. The maximum atomic E-state index is 8.84. The molecule has 0 spiro atoms. The molecule has 0 aliphatic rings. The van der Waals surface area contributed by atoms with Crippen LogP contribution in [-0.2, 0) is 0 Å². The molecule has 0 saturated heterocycles. The fourth-order valence-corrected chi connectivity index (χ4v) is 2.12. The number of hydrogen-bond acceptors (Lipinski definition) is 3. The van der Waals surface area contributed by atoms with E-state index in [9.17, 15) is 0 Å². The Morgan fingerprint density at radius 2 is 1.68 bits per heavy atom. The molecule has 0 aliphatic heterocycles. The molecule has 1 aromatic heterocycles. The van der Waals surface area contributed by atoms with E-state index in [1.807, 2.05) is 55.5 Å². The minimum atomic E-state index is 0.652. The summed E-state index contributed by atoms with van der Waals surface area (Å²) in [5, 5.41) is 9.87. The fourth-order valence-electron chi connectivity index (χ4n) is 2.12. The van der Waals surface area contributed by atoms with Crippen LogP contribution in [0.15, 0.2) is 48.5 Å². The zero-order valence-corrected chi connectivity index (χ0v) is 10.5. The summed E-state index contributed by atoms with van der Waals surface area (Å²) in [6, 6.07) is 17.5. The number of para-hydroxylation sites is 1. The largest absolute Gasteiger partial charge is 0.233 e. The maximum absolute atomic E-state index is 8.84. The molecule has 0 unspecified atom stereocenters. The number of rotatable bonds is 1. The summed E-state index contributed by atoms with van der Waals surface area (Å²) in [5.74, 6) is 0.748. The van der Waals surface area contributed by atoms with E-state index in [1.165, 1.54) is 0 Å². The van der Waals surface area contributed by atoms with Crippen LogP contribution in [0.3, 0.4) is 0 Å². The molecule has 0 saturated carbocycles. The van der Waals surface area contributed by atoms with Crippen molar-refractivity contribution in [3.05, 3.63) is 59.9 Å². The quantitative estimate of drug-likeness (QED) is 0.659. The highest BCUT2D eigenvalue weighted by Crippen LogP contribution is 2.26. The van der Waals surface area contributed by atoms with Gasteiger partial charge in [0.1, 0.15) is 5.82 Å². The van der Waals surface area contributed by atoms with Crippen LogP contribution < -0.4 is 0 Å². The van der Waals surface area contributed by atoms with E-state index in [4.69, 9.17) is 5.26 Å². The van der Waals surface area contributed by atoms with E-state index in [1.54, 1.807) is 0 Å². The van der Waals surface area contributed by atoms with Crippen LogP contribution in [0.2, 0.25) is 0 Å². The van der Waals surface area contributed by atoms with Crippen LogP contribution in [0, 0.1) is 18.3 Å². The highest BCUT2D eigenvalue weighted by molar-refractivity contribution is 5.92. The first-order valence-corrected chi connectivity index (χ1v) is 6.02. The smallest absolute Gasteiger partial charge is 0.126 e. The summed E-state index contributed by atoms with van der Waals surface area (Å²) < 4.78 is 0. The lowest BCUT2D eigenvalue weighted by atomic mass is 10.0. The van der Waals surface area contributed by atoms with Gasteiger partial charge in [-0.3, -0.25) is 0 Å². The van der Waals surface area contributed by atoms with Gasteiger partial charge in [0.25, 0.3) is 0 Å². The molecule has 90 valence electrons. The van der Waals surface area contributed by atoms with Gasteiger partial charge in [0.2, 0.25) is 0 Å². The Labute approximate surface area is 111 Å². The van der Waals surface area contributed by atoms with Crippen LogP contribution in [0.5, 0.6) is 0 Å². The van der Waals surface area contributed by atoms with Gasteiger partial charge in [0.05, 0.1) is 22.8 Å². The molecule has 0 aliphatic carbocycles. The lowest BCUT2D eigenvalue weighted by Gasteiger charge is -2.07. The van der Waals surface area contributed by atoms with Gasteiger partial charge in [-0.15, -0.1) is 0 Å². The van der Waals surface area contributed by atoms with Gasteiger partial charge in [0, 0.05) is 10.9 Å². The summed E-state index contributed by atoms with van der Waals surface area (Å²) in [7, 11) is 0. The number of nitriles is 1. The zero-order chi connectivity index (χ0) is 13.2. The van der Waals surface area contributed by atoms with Gasteiger partial charge in [-0.1, -0.05) is 30.3 Å². The predicted octanol–water partition coefficient (Wildman–Crippen LogP) is 3.48. The number of aryl methyl sites for hydroxylation is 1. The molecule has 19 heavy (non-hydrogen) atoms. The third-order valence-electron chi connectivity index (χ3n) is 3.00. The monoisotopic (exact) mass is 245 g/mol. The standard InChI is InChI=1S/C16H11N3/c1-11-18-15-5-3-2-4-14(15)16(19-11)13-8-6-12(10-17)7-9-13/h2-9H,1H3. The van der Waals surface area contributed by atoms with E-state index in [2.05, 4.69) is 16.0 Å². The molecule has 0 bridgehead atoms. The van der Waals surface area contributed by atoms with E-state index < -0.39 is 0 Å². The average molecular weight is 245 g/mol. The summed E-state index contributed by atoms with van der Waals surface area (Å²) in [5.41, 5.74) is 3.50. The van der Waals surface area contributed by atoms with Crippen molar-refractivity contribution < 1.29 is 0 Å². The van der Waals surface area contributed by atoms with Crippen molar-refractivity contribution in [3.63, 3.8) is 0 Å². The summed E-state index contributed by atoms with van der Waals surface area (Å²) in [6.07, 6.45) is 0. The topological polar surface area (TPSA) is 49.6 Å². The molecule has 0 amide bonds. The minimum absolute atomic E-state index is 0.652. The Morgan fingerprint density at radius 3 is 2.42 bits per heavy atom. The lowest BCUT2D eigenvalue weighted by molar-refractivity contribution is 1.10. The average Bonchev–Trinajstić information content (AvgIpc) is 2.46. The fraction of sp³-hybridized carbons (Fsp3) is 0.0625. The van der Waals surface area contributed by atoms with E-state index in [0.29, 0.717) is 5.56 Å². The van der Waals surface area contributed by atoms with Crippen LogP contribution in [-0.4, -0.2) is 9.97 Å². The molecular weight excluding hydrogens is 234 g/mol. The van der Waals surface area contributed by atoms with Crippen molar-refractivity contribution >= 4 is 10.9 Å². The van der Waals surface area contributed by atoms with Crippen LogP contribution in [0.4, 0.5) is 0 Å². The lowest BCUT2D eigenvalue weighted by Crippen LogP contribution is -1.93. The summed E-state index contributed by atoms with van der Waals surface area (Å²) in [4.78, 5) is 8.97. The molecule has 3 heteroatoms. The van der Waals surface area contributed by atoms with E-state index in [0.717, 1.165) is 28.0 Å². The Morgan fingerprint density at radius 1 is 0.947 bits per heavy atom. The molecule has 2 aromatic carbocycles. The van der Waals surface area contributed by atoms with Gasteiger partial charge < -0.3 is 0 Å². The molecular formula is C16H11N3. The first kappa shape index (κ1) is 11.4. The Balaban J connectivity index is 2.26.